The van der Waals surface area contributed by atoms with Gasteiger partial charge in [0, 0.05) is 24.6 Å². The quantitative estimate of drug-likeness (QED) is 0.935. The number of nitrogens with zero attached hydrogens (tertiary/aromatic N) is 2. The first-order chi connectivity index (χ1) is 9.48. The van der Waals surface area contributed by atoms with E-state index in [9.17, 15) is 0 Å². The van der Waals surface area contributed by atoms with Crippen LogP contribution in [0.5, 0.6) is 5.75 Å². The van der Waals surface area contributed by atoms with E-state index in [1.807, 2.05) is 18.2 Å². The van der Waals surface area contributed by atoms with Crippen molar-refractivity contribution in [1.29, 1.82) is 0 Å². The predicted octanol–water partition coefficient (Wildman–Crippen LogP) is 2.61. The second-order valence-electron chi connectivity index (χ2n) is 5.99. The van der Waals surface area contributed by atoms with Gasteiger partial charge in [-0.15, -0.1) is 0 Å². The SMILES string of the molecule is COc1ccc2c(c1)nc(N)n2C1CC(OC)C1(C)C. The van der Waals surface area contributed by atoms with Crippen molar-refractivity contribution in [1.82, 2.24) is 9.55 Å². The summed E-state index contributed by atoms with van der Waals surface area (Å²) in [6, 6.07) is 6.19. The zero-order chi connectivity index (χ0) is 14.5. The van der Waals surface area contributed by atoms with Crippen molar-refractivity contribution >= 4 is 17.0 Å². The van der Waals surface area contributed by atoms with Gasteiger partial charge in [0.2, 0.25) is 5.95 Å². The molecule has 1 aliphatic carbocycles. The minimum Gasteiger partial charge on any atom is -0.497 e. The number of aromatic nitrogens is 2. The topological polar surface area (TPSA) is 62.3 Å². The maximum Gasteiger partial charge on any atom is 0.201 e. The molecule has 2 N–H and O–H groups in total. The van der Waals surface area contributed by atoms with Crippen molar-refractivity contribution in [3.8, 4) is 5.75 Å². The standard InChI is InChI=1S/C15H21N3O2/c1-15(2)12(8-13(15)20-4)18-11-6-5-9(19-3)7-10(11)17-14(18)16/h5-7,12-13H,8H2,1-4H3,(H2,16,17). The number of fused-ring (bicyclic) bond motifs is 1. The zero-order valence-electron chi connectivity index (χ0n) is 12.4. The highest BCUT2D eigenvalue weighted by Crippen LogP contribution is 2.52. The summed E-state index contributed by atoms with van der Waals surface area (Å²) in [5, 5.41) is 0. The molecule has 0 amide bonds. The summed E-state index contributed by atoms with van der Waals surface area (Å²) < 4.78 is 12.9. The normalized spacial score (nSPS) is 24.6. The molecular weight excluding hydrogens is 254 g/mol. The van der Waals surface area contributed by atoms with E-state index in [0.717, 1.165) is 23.2 Å². The molecule has 2 atom stereocenters. The predicted molar refractivity (Wildman–Crippen MR) is 78.9 cm³/mol. The Morgan fingerprint density at radius 2 is 2.10 bits per heavy atom. The number of methoxy groups -OCH3 is 2. The van der Waals surface area contributed by atoms with Gasteiger partial charge in [-0.3, -0.25) is 0 Å². The summed E-state index contributed by atoms with van der Waals surface area (Å²) in [6.45, 7) is 4.42. The number of hydrogen-bond acceptors (Lipinski definition) is 4. The van der Waals surface area contributed by atoms with Gasteiger partial charge in [-0.05, 0) is 18.6 Å². The van der Waals surface area contributed by atoms with Gasteiger partial charge in [0.15, 0.2) is 0 Å². The van der Waals surface area contributed by atoms with E-state index in [0.29, 0.717) is 12.0 Å². The Kier molecular flexibility index (Phi) is 2.90. The van der Waals surface area contributed by atoms with Crippen LogP contribution in [0, 0.1) is 5.41 Å². The second kappa shape index (κ2) is 4.38. The van der Waals surface area contributed by atoms with Gasteiger partial charge in [0.05, 0.1) is 24.2 Å². The molecule has 1 aromatic carbocycles. The Morgan fingerprint density at radius 3 is 2.70 bits per heavy atom. The molecule has 0 saturated heterocycles. The van der Waals surface area contributed by atoms with E-state index in [4.69, 9.17) is 15.2 Å². The number of nitrogens with two attached hydrogens (primary N) is 1. The molecule has 0 bridgehead atoms. The van der Waals surface area contributed by atoms with E-state index in [1.165, 1.54) is 0 Å². The van der Waals surface area contributed by atoms with Gasteiger partial charge in [0.25, 0.3) is 0 Å². The number of hydrogen-bond donors (Lipinski definition) is 1. The van der Waals surface area contributed by atoms with Gasteiger partial charge in [-0.2, -0.15) is 0 Å². The summed E-state index contributed by atoms with van der Waals surface area (Å²) in [5.41, 5.74) is 8.11. The third-order valence-corrected chi connectivity index (χ3v) is 4.65. The van der Waals surface area contributed by atoms with Gasteiger partial charge in [-0.25, -0.2) is 4.98 Å². The Morgan fingerprint density at radius 1 is 1.35 bits per heavy atom. The summed E-state index contributed by atoms with van der Waals surface area (Å²) in [4.78, 5) is 4.46. The maximum atomic E-state index is 6.13. The summed E-state index contributed by atoms with van der Waals surface area (Å²) >= 11 is 0. The summed E-state index contributed by atoms with van der Waals surface area (Å²) in [7, 11) is 3.42. The van der Waals surface area contributed by atoms with Crippen LogP contribution < -0.4 is 10.5 Å². The van der Waals surface area contributed by atoms with Crippen molar-refractivity contribution in [2.75, 3.05) is 20.0 Å². The number of benzene rings is 1. The van der Waals surface area contributed by atoms with Gasteiger partial charge in [0.1, 0.15) is 5.75 Å². The van der Waals surface area contributed by atoms with Crippen LogP contribution in [0.3, 0.4) is 0 Å². The Labute approximate surface area is 118 Å². The molecule has 1 aromatic heterocycles. The lowest BCUT2D eigenvalue weighted by atomic mass is 9.64. The smallest absolute Gasteiger partial charge is 0.201 e. The van der Waals surface area contributed by atoms with Gasteiger partial charge in [-0.1, -0.05) is 13.8 Å². The van der Waals surface area contributed by atoms with E-state index >= 15 is 0 Å². The van der Waals surface area contributed by atoms with Crippen LogP contribution in [0.25, 0.3) is 11.0 Å². The average Bonchev–Trinajstić information content (AvgIpc) is 2.73. The van der Waals surface area contributed by atoms with Crippen molar-refractivity contribution in [2.45, 2.75) is 32.4 Å². The van der Waals surface area contributed by atoms with Crippen LogP contribution in [0.4, 0.5) is 5.95 Å². The van der Waals surface area contributed by atoms with Crippen LogP contribution in [0.15, 0.2) is 18.2 Å². The molecule has 0 radical (unpaired) electrons. The number of imidazole rings is 1. The van der Waals surface area contributed by atoms with Crippen LogP contribution >= 0.6 is 0 Å². The third kappa shape index (κ3) is 1.69. The highest BCUT2D eigenvalue weighted by molar-refractivity contribution is 5.80. The van der Waals surface area contributed by atoms with E-state index in [2.05, 4.69) is 23.4 Å². The number of rotatable bonds is 3. The van der Waals surface area contributed by atoms with Crippen molar-refractivity contribution in [3.63, 3.8) is 0 Å². The maximum absolute atomic E-state index is 6.13. The third-order valence-electron chi connectivity index (χ3n) is 4.65. The molecule has 1 fully saturated rings. The second-order valence-corrected chi connectivity index (χ2v) is 5.99. The lowest BCUT2D eigenvalue weighted by Crippen LogP contribution is -2.51. The molecule has 0 aliphatic heterocycles. The monoisotopic (exact) mass is 275 g/mol. The molecule has 2 unspecified atom stereocenters. The first-order valence-electron chi connectivity index (χ1n) is 6.83. The first-order valence-corrected chi connectivity index (χ1v) is 6.83. The molecule has 2 aromatic rings. The Bertz CT molecular complexity index is 648. The molecule has 1 aliphatic rings. The molecule has 5 heteroatoms. The Balaban J connectivity index is 2.07. The fraction of sp³-hybridized carbons (Fsp3) is 0.533. The van der Waals surface area contributed by atoms with E-state index in [-0.39, 0.29) is 11.5 Å². The van der Waals surface area contributed by atoms with E-state index < -0.39 is 0 Å². The molecule has 3 rings (SSSR count). The van der Waals surface area contributed by atoms with Crippen molar-refractivity contribution < 1.29 is 9.47 Å². The molecule has 108 valence electrons. The number of nitrogen functional groups attached to an aromatic ring is 1. The highest BCUT2D eigenvalue weighted by Gasteiger charge is 2.50. The van der Waals surface area contributed by atoms with Crippen molar-refractivity contribution in [3.05, 3.63) is 18.2 Å². The molecule has 5 nitrogen and oxygen atoms in total. The van der Waals surface area contributed by atoms with Gasteiger partial charge >= 0.3 is 0 Å². The lowest BCUT2D eigenvalue weighted by molar-refractivity contribution is -0.110. The van der Waals surface area contributed by atoms with E-state index in [1.54, 1.807) is 14.2 Å². The molecular formula is C15H21N3O2. The number of anilines is 1. The fourth-order valence-electron chi connectivity index (χ4n) is 3.25. The lowest BCUT2D eigenvalue weighted by Gasteiger charge is -2.51. The minimum atomic E-state index is 0.0520. The largest absolute Gasteiger partial charge is 0.497 e. The first kappa shape index (κ1) is 13.2. The molecule has 20 heavy (non-hydrogen) atoms. The average molecular weight is 275 g/mol. The molecule has 0 spiro atoms. The molecule has 1 saturated carbocycles. The summed E-state index contributed by atoms with van der Waals surface area (Å²) in [5.74, 6) is 1.35. The van der Waals surface area contributed by atoms with Crippen LogP contribution in [-0.2, 0) is 4.74 Å². The van der Waals surface area contributed by atoms with Crippen LogP contribution in [0.2, 0.25) is 0 Å². The van der Waals surface area contributed by atoms with Crippen molar-refractivity contribution in [2.24, 2.45) is 5.41 Å². The van der Waals surface area contributed by atoms with Crippen LogP contribution in [0.1, 0.15) is 26.3 Å². The summed E-state index contributed by atoms with van der Waals surface area (Å²) in [6.07, 6.45) is 1.23. The molecule has 1 heterocycles. The fourth-order valence-corrected chi connectivity index (χ4v) is 3.25. The zero-order valence-corrected chi connectivity index (χ0v) is 12.4. The minimum absolute atomic E-state index is 0.0520. The highest BCUT2D eigenvalue weighted by atomic mass is 16.5. The number of ether oxygens (including phenoxy) is 2. The van der Waals surface area contributed by atoms with Crippen LogP contribution in [-0.4, -0.2) is 29.9 Å². The van der Waals surface area contributed by atoms with Gasteiger partial charge < -0.3 is 19.8 Å². The Hall–Kier alpha value is -1.75.